The van der Waals surface area contributed by atoms with Crippen molar-refractivity contribution in [1.82, 2.24) is 4.98 Å². The molecular formula is C12H17N. The molecule has 0 fully saturated rings. The minimum atomic E-state index is 0.977. The Labute approximate surface area is 80.8 Å². The van der Waals surface area contributed by atoms with Crippen LogP contribution < -0.4 is 0 Å². The van der Waals surface area contributed by atoms with Gasteiger partial charge in [-0.05, 0) is 24.6 Å². The van der Waals surface area contributed by atoms with Crippen molar-refractivity contribution in [3.8, 4) is 0 Å². The van der Waals surface area contributed by atoms with Gasteiger partial charge < -0.3 is 0 Å². The van der Waals surface area contributed by atoms with Crippen LogP contribution in [0, 0.1) is 0 Å². The summed E-state index contributed by atoms with van der Waals surface area (Å²) < 4.78 is 0. The van der Waals surface area contributed by atoms with Crippen LogP contribution in [0.15, 0.2) is 31.0 Å². The van der Waals surface area contributed by atoms with Gasteiger partial charge >= 0.3 is 0 Å². The van der Waals surface area contributed by atoms with Crippen LogP contribution in [0.3, 0.4) is 0 Å². The van der Waals surface area contributed by atoms with E-state index in [1.54, 1.807) is 6.20 Å². The van der Waals surface area contributed by atoms with E-state index in [2.05, 4.69) is 11.6 Å². The lowest BCUT2D eigenvalue weighted by atomic mass is 10.2. The summed E-state index contributed by atoms with van der Waals surface area (Å²) in [5.41, 5.74) is 2.05. The quantitative estimate of drug-likeness (QED) is 0.666. The Morgan fingerprint density at radius 2 is 2.08 bits per heavy atom. The molecule has 0 unspecified atom stereocenters. The number of nitrogens with zero attached hydrogens (tertiary/aromatic N) is 1. The number of rotatable bonds is 2. The van der Waals surface area contributed by atoms with Crippen molar-refractivity contribution in [1.29, 1.82) is 0 Å². The van der Waals surface area contributed by atoms with Gasteiger partial charge in [0.15, 0.2) is 0 Å². The van der Waals surface area contributed by atoms with Crippen molar-refractivity contribution >= 4 is 12.2 Å². The predicted molar refractivity (Wildman–Crippen MR) is 60.4 cm³/mol. The molecule has 0 aliphatic carbocycles. The molecule has 0 saturated carbocycles. The SMILES string of the molecule is C=Cc1cccnc1/C=C\C.CC. The normalized spacial score (nSPS) is 9.15. The number of hydrogen-bond acceptors (Lipinski definition) is 1. The molecule has 0 amide bonds. The smallest absolute Gasteiger partial charge is 0.0698 e. The molecule has 1 heterocycles. The molecule has 0 aromatic carbocycles. The molecule has 0 N–H and O–H groups in total. The van der Waals surface area contributed by atoms with Crippen LogP contribution in [0.1, 0.15) is 32.0 Å². The maximum atomic E-state index is 4.18. The lowest BCUT2D eigenvalue weighted by Crippen LogP contribution is -1.83. The maximum absolute atomic E-state index is 4.18. The summed E-state index contributed by atoms with van der Waals surface area (Å²) in [6.45, 7) is 9.67. The van der Waals surface area contributed by atoms with Gasteiger partial charge in [0, 0.05) is 6.20 Å². The Bertz CT molecular complexity index is 274. The zero-order chi connectivity index (χ0) is 10.1. The first-order valence-electron chi connectivity index (χ1n) is 4.58. The second-order valence-corrected chi connectivity index (χ2v) is 2.18. The summed E-state index contributed by atoms with van der Waals surface area (Å²) in [6, 6.07) is 3.90. The monoisotopic (exact) mass is 175 g/mol. The maximum Gasteiger partial charge on any atom is 0.0698 e. The average Bonchev–Trinajstić information content (AvgIpc) is 2.22. The highest BCUT2D eigenvalue weighted by Gasteiger charge is 1.92. The van der Waals surface area contributed by atoms with E-state index in [0.717, 1.165) is 11.3 Å². The summed E-state index contributed by atoms with van der Waals surface area (Å²) in [6.07, 6.45) is 7.52. The largest absolute Gasteiger partial charge is 0.256 e. The van der Waals surface area contributed by atoms with Crippen molar-refractivity contribution in [2.45, 2.75) is 20.8 Å². The highest BCUT2D eigenvalue weighted by Crippen LogP contribution is 2.07. The number of pyridine rings is 1. The molecule has 1 heteroatoms. The second kappa shape index (κ2) is 7.29. The molecule has 0 aliphatic rings. The topological polar surface area (TPSA) is 12.9 Å². The van der Waals surface area contributed by atoms with Gasteiger partial charge in [0.1, 0.15) is 0 Å². The first kappa shape index (κ1) is 11.6. The third-order valence-corrected chi connectivity index (χ3v) is 1.42. The van der Waals surface area contributed by atoms with Crippen LogP contribution in [0.4, 0.5) is 0 Å². The third kappa shape index (κ3) is 3.70. The van der Waals surface area contributed by atoms with Crippen LogP contribution in [0.5, 0.6) is 0 Å². The fourth-order valence-corrected chi connectivity index (χ4v) is 0.900. The highest BCUT2D eigenvalue weighted by atomic mass is 14.7. The minimum Gasteiger partial charge on any atom is -0.256 e. The number of hydrogen-bond donors (Lipinski definition) is 0. The van der Waals surface area contributed by atoms with Crippen LogP contribution >= 0.6 is 0 Å². The van der Waals surface area contributed by atoms with Crippen molar-refractivity contribution < 1.29 is 0 Å². The third-order valence-electron chi connectivity index (χ3n) is 1.42. The molecule has 1 rings (SSSR count). The van der Waals surface area contributed by atoms with Gasteiger partial charge in [0.25, 0.3) is 0 Å². The molecule has 70 valence electrons. The Morgan fingerprint density at radius 3 is 2.62 bits per heavy atom. The Balaban J connectivity index is 0.000000671. The fourth-order valence-electron chi connectivity index (χ4n) is 0.900. The minimum absolute atomic E-state index is 0.977. The van der Waals surface area contributed by atoms with E-state index in [1.165, 1.54) is 0 Å². The molecule has 0 atom stereocenters. The second-order valence-electron chi connectivity index (χ2n) is 2.18. The van der Waals surface area contributed by atoms with Gasteiger partial charge in [-0.15, -0.1) is 0 Å². The number of allylic oxidation sites excluding steroid dienone is 1. The molecule has 0 saturated heterocycles. The van der Waals surface area contributed by atoms with Crippen molar-refractivity contribution in [3.05, 3.63) is 42.2 Å². The van der Waals surface area contributed by atoms with Crippen LogP contribution in [0.2, 0.25) is 0 Å². The van der Waals surface area contributed by atoms with Gasteiger partial charge in [-0.25, -0.2) is 0 Å². The molecule has 13 heavy (non-hydrogen) atoms. The first-order valence-corrected chi connectivity index (χ1v) is 4.58. The van der Waals surface area contributed by atoms with E-state index in [4.69, 9.17) is 0 Å². The zero-order valence-corrected chi connectivity index (χ0v) is 8.62. The van der Waals surface area contributed by atoms with Crippen molar-refractivity contribution in [3.63, 3.8) is 0 Å². The Hall–Kier alpha value is -1.37. The molecule has 1 nitrogen and oxygen atoms in total. The van der Waals surface area contributed by atoms with Gasteiger partial charge in [0.05, 0.1) is 5.69 Å². The molecule has 0 aliphatic heterocycles. The Morgan fingerprint density at radius 1 is 1.38 bits per heavy atom. The highest BCUT2D eigenvalue weighted by molar-refractivity contribution is 5.60. The standard InChI is InChI=1S/C10H11N.C2H6/c1-3-6-10-9(4-2)7-5-8-11-10;1-2/h3-8H,2H2,1H3;1-2H3/b6-3-;. The molecule has 0 spiro atoms. The molecule has 0 bridgehead atoms. The predicted octanol–water partition coefficient (Wildman–Crippen LogP) is 3.78. The van der Waals surface area contributed by atoms with E-state index >= 15 is 0 Å². The fraction of sp³-hybridized carbons (Fsp3) is 0.250. The first-order chi connectivity index (χ1) is 6.38. The molecular weight excluding hydrogens is 158 g/mol. The lowest BCUT2D eigenvalue weighted by Gasteiger charge is -1.96. The van der Waals surface area contributed by atoms with E-state index in [9.17, 15) is 0 Å². The molecule has 1 aromatic heterocycles. The van der Waals surface area contributed by atoms with E-state index in [-0.39, 0.29) is 0 Å². The summed E-state index contributed by atoms with van der Waals surface area (Å²) in [5, 5.41) is 0. The summed E-state index contributed by atoms with van der Waals surface area (Å²) in [5.74, 6) is 0. The van der Waals surface area contributed by atoms with E-state index < -0.39 is 0 Å². The Kier molecular flexibility index (Phi) is 6.52. The van der Waals surface area contributed by atoms with Gasteiger partial charge in [-0.3, -0.25) is 4.98 Å². The van der Waals surface area contributed by atoms with Gasteiger partial charge in [0.2, 0.25) is 0 Å². The van der Waals surface area contributed by atoms with Crippen molar-refractivity contribution in [2.24, 2.45) is 0 Å². The van der Waals surface area contributed by atoms with Crippen LogP contribution in [-0.4, -0.2) is 4.98 Å². The summed E-state index contributed by atoms with van der Waals surface area (Å²) in [7, 11) is 0. The van der Waals surface area contributed by atoms with Crippen LogP contribution in [-0.2, 0) is 0 Å². The van der Waals surface area contributed by atoms with E-state index in [1.807, 2.05) is 51.1 Å². The van der Waals surface area contributed by atoms with E-state index in [0.29, 0.717) is 0 Å². The van der Waals surface area contributed by atoms with Crippen LogP contribution in [0.25, 0.3) is 12.2 Å². The molecule has 0 radical (unpaired) electrons. The van der Waals surface area contributed by atoms with Gasteiger partial charge in [-0.2, -0.15) is 0 Å². The average molecular weight is 175 g/mol. The summed E-state index contributed by atoms with van der Waals surface area (Å²) in [4.78, 5) is 4.18. The molecule has 1 aromatic rings. The zero-order valence-electron chi connectivity index (χ0n) is 8.62. The van der Waals surface area contributed by atoms with Gasteiger partial charge in [-0.1, -0.05) is 38.6 Å². The summed E-state index contributed by atoms with van der Waals surface area (Å²) >= 11 is 0. The van der Waals surface area contributed by atoms with Crippen molar-refractivity contribution in [2.75, 3.05) is 0 Å². The lowest BCUT2D eigenvalue weighted by molar-refractivity contribution is 1.28. The number of aromatic nitrogens is 1.